The predicted octanol–water partition coefficient (Wildman–Crippen LogP) is -1.71. The second-order valence-electron chi connectivity index (χ2n) is 15.6. The molecule has 21 nitrogen and oxygen atoms in total. The average Bonchev–Trinajstić information content (AvgIpc) is 3.89. The Bertz CT molecular complexity index is 1810. The van der Waals surface area contributed by atoms with Crippen molar-refractivity contribution in [1.82, 2.24) is 41.5 Å². The summed E-state index contributed by atoms with van der Waals surface area (Å²) in [5, 5.41) is 51.0. The number of aliphatic hydroxyl groups excluding tert-OH is 1. The van der Waals surface area contributed by atoms with Crippen molar-refractivity contribution in [1.29, 1.82) is 0 Å². The molecule has 0 unspecified atom stereocenters. The van der Waals surface area contributed by atoms with E-state index in [1.165, 1.54) is 41.7 Å². The van der Waals surface area contributed by atoms with Gasteiger partial charge in [-0.1, -0.05) is 39.8 Å². The van der Waals surface area contributed by atoms with Crippen molar-refractivity contribution in [3.8, 4) is 5.75 Å². The molecule has 1 aliphatic heterocycles. The Morgan fingerprint density at radius 2 is 1.35 bits per heavy atom. The number of nitrogens with zero attached hydrogens (tertiary/aromatic N) is 2. The molecular weight excluding hydrogens is 786 g/mol. The van der Waals surface area contributed by atoms with Crippen LogP contribution < -0.4 is 32.3 Å². The zero-order valence-corrected chi connectivity index (χ0v) is 34.1. The average molecular weight is 844 g/mol. The maximum atomic E-state index is 14.0. The number of amides is 6. The molecule has 1 aliphatic rings. The lowest BCUT2D eigenvalue weighted by Gasteiger charge is -2.30. The minimum Gasteiger partial charge on any atom is -0.508 e. The van der Waals surface area contributed by atoms with E-state index < -0.39 is 103 Å². The number of carboxylic acids is 2. The van der Waals surface area contributed by atoms with Crippen molar-refractivity contribution >= 4 is 47.4 Å². The number of carbonyl (C=O) groups is 8. The van der Waals surface area contributed by atoms with Crippen LogP contribution in [0.25, 0.3) is 0 Å². The van der Waals surface area contributed by atoms with E-state index in [2.05, 4.69) is 36.6 Å². The number of phenolic OH excluding ortho intramolecular Hbond substituents is 1. The van der Waals surface area contributed by atoms with Gasteiger partial charge in [-0.15, -0.1) is 0 Å². The molecule has 0 bridgehead atoms. The van der Waals surface area contributed by atoms with Crippen LogP contribution >= 0.6 is 0 Å². The highest BCUT2D eigenvalue weighted by atomic mass is 16.4. The van der Waals surface area contributed by atoms with Gasteiger partial charge in [-0.3, -0.25) is 33.6 Å². The fourth-order valence-electron chi connectivity index (χ4n) is 6.62. The first kappa shape index (κ1) is 48.3. The fourth-order valence-corrected chi connectivity index (χ4v) is 6.62. The molecule has 21 heteroatoms. The Morgan fingerprint density at radius 1 is 0.783 bits per heavy atom. The summed E-state index contributed by atoms with van der Waals surface area (Å²) in [5.41, 5.74) is 6.64. The SMILES string of the molecule is CC(C)C[C@H](NC(=O)[C@H](Cc1cnc[nH]1)NC(=O)[C@H](CC(C)C)NC(=O)[C@H](CC(=O)O)NC(=O)[C@@H]1CCCN1C(=O)[C@H](Cc1ccc(O)cc1)NC(=O)[C@@H](N)CO)C(=O)O. The summed E-state index contributed by atoms with van der Waals surface area (Å²) in [4.78, 5) is 113. The van der Waals surface area contributed by atoms with Crippen LogP contribution in [0, 0.1) is 11.8 Å². The number of aromatic amines is 1. The molecule has 1 fully saturated rings. The van der Waals surface area contributed by atoms with Gasteiger partial charge in [-0.05, 0) is 55.2 Å². The number of carboxylic acid groups (broad SMARTS) is 2. The number of rotatable bonds is 23. The smallest absolute Gasteiger partial charge is 0.326 e. The van der Waals surface area contributed by atoms with Gasteiger partial charge >= 0.3 is 11.9 Å². The number of carbonyl (C=O) groups excluding carboxylic acids is 6. The molecule has 6 amide bonds. The van der Waals surface area contributed by atoms with Crippen molar-refractivity contribution in [2.24, 2.45) is 17.6 Å². The van der Waals surface area contributed by atoms with E-state index in [9.17, 15) is 58.8 Å². The van der Waals surface area contributed by atoms with Gasteiger partial charge in [-0.2, -0.15) is 0 Å². The molecule has 2 heterocycles. The summed E-state index contributed by atoms with van der Waals surface area (Å²) in [6.45, 7) is 6.43. The van der Waals surface area contributed by atoms with Crippen molar-refractivity contribution in [3.05, 3.63) is 48.0 Å². The summed E-state index contributed by atoms with van der Waals surface area (Å²) in [6, 6.07) is -3.68. The lowest BCUT2D eigenvalue weighted by molar-refractivity contribution is -0.144. The number of likely N-dealkylation sites (tertiary alicyclic amines) is 1. The van der Waals surface area contributed by atoms with Gasteiger partial charge in [0.05, 0.1) is 19.4 Å². The van der Waals surface area contributed by atoms with Crippen LogP contribution in [0.3, 0.4) is 0 Å². The van der Waals surface area contributed by atoms with Crippen LogP contribution in [0.15, 0.2) is 36.8 Å². The number of aromatic nitrogens is 2. The van der Waals surface area contributed by atoms with E-state index in [-0.39, 0.29) is 56.2 Å². The van der Waals surface area contributed by atoms with Crippen LogP contribution in [-0.2, 0) is 51.2 Å². The minimum absolute atomic E-state index is 0.00773. The number of phenols is 1. The highest BCUT2D eigenvalue weighted by Gasteiger charge is 2.40. The molecule has 7 atom stereocenters. The largest absolute Gasteiger partial charge is 0.508 e. The second-order valence-corrected chi connectivity index (χ2v) is 15.6. The third-order valence-corrected chi connectivity index (χ3v) is 9.65. The van der Waals surface area contributed by atoms with Crippen molar-refractivity contribution in [2.45, 2.75) is 115 Å². The molecule has 0 saturated carbocycles. The quantitative estimate of drug-likeness (QED) is 0.0594. The second kappa shape index (κ2) is 22.9. The van der Waals surface area contributed by atoms with E-state index in [1.807, 2.05) is 0 Å². The van der Waals surface area contributed by atoms with E-state index in [0.29, 0.717) is 17.7 Å². The van der Waals surface area contributed by atoms with Gasteiger partial charge in [0.25, 0.3) is 0 Å². The molecule has 60 heavy (non-hydrogen) atoms. The molecule has 330 valence electrons. The Kier molecular flexibility index (Phi) is 18.4. The number of aliphatic hydroxyl groups is 1. The Hall–Kier alpha value is -6.09. The molecule has 0 aliphatic carbocycles. The number of aromatic hydroxyl groups is 1. The Balaban J connectivity index is 1.83. The van der Waals surface area contributed by atoms with Gasteiger partial charge in [0.2, 0.25) is 35.4 Å². The molecule has 12 N–H and O–H groups in total. The maximum absolute atomic E-state index is 14.0. The van der Waals surface area contributed by atoms with Crippen LogP contribution in [0.1, 0.15) is 71.1 Å². The lowest BCUT2D eigenvalue weighted by atomic mass is 10.0. The number of imidazole rings is 1. The van der Waals surface area contributed by atoms with Crippen molar-refractivity contribution in [2.75, 3.05) is 13.2 Å². The number of hydrogen-bond donors (Lipinski definition) is 11. The zero-order valence-electron chi connectivity index (χ0n) is 34.1. The molecule has 1 aromatic heterocycles. The van der Waals surface area contributed by atoms with Crippen molar-refractivity contribution < 1.29 is 58.8 Å². The van der Waals surface area contributed by atoms with Gasteiger partial charge in [0.15, 0.2) is 0 Å². The van der Waals surface area contributed by atoms with Crippen LogP contribution in [-0.4, -0.2) is 138 Å². The van der Waals surface area contributed by atoms with E-state index in [1.54, 1.807) is 27.7 Å². The summed E-state index contributed by atoms with van der Waals surface area (Å²) >= 11 is 0. The van der Waals surface area contributed by atoms with E-state index >= 15 is 0 Å². The normalized spacial score (nSPS) is 16.8. The van der Waals surface area contributed by atoms with E-state index in [4.69, 9.17) is 5.73 Å². The number of benzene rings is 1. The molecule has 0 spiro atoms. The number of aliphatic carboxylic acids is 2. The summed E-state index contributed by atoms with van der Waals surface area (Å²) in [5.74, 6) is -8.20. The third kappa shape index (κ3) is 14.9. The number of hydrogen-bond acceptors (Lipinski definition) is 12. The Morgan fingerprint density at radius 3 is 1.92 bits per heavy atom. The molecular formula is C39H57N9O12. The highest BCUT2D eigenvalue weighted by molar-refractivity contribution is 5.98. The van der Waals surface area contributed by atoms with Gasteiger partial charge < -0.3 is 62.6 Å². The molecule has 3 rings (SSSR count). The maximum Gasteiger partial charge on any atom is 0.326 e. The molecule has 0 radical (unpaired) electrons. The topological polar surface area (TPSA) is 336 Å². The zero-order chi connectivity index (χ0) is 44.7. The molecule has 2 aromatic rings. The van der Waals surface area contributed by atoms with Crippen LogP contribution in [0.5, 0.6) is 5.75 Å². The van der Waals surface area contributed by atoms with Crippen LogP contribution in [0.2, 0.25) is 0 Å². The number of H-pyrrole nitrogens is 1. The van der Waals surface area contributed by atoms with E-state index in [0.717, 1.165) is 0 Å². The van der Waals surface area contributed by atoms with Gasteiger partial charge in [0, 0.05) is 31.3 Å². The standard InChI is InChI=1S/C39H57N9O12/c1-20(2)12-26(34(54)44-27(15-23-17-41-19-42-23)35(55)47-30(39(59)60)13-21(3)4)43-36(56)28(16-32(51)52)45-37(57)31-6-5-11-48(31)38(58)29(46-33(53)25(40)18-49)14-22-7-9-24(50)10-8-22/h7-10,17,19-21,25-31,49-50H,5-6,11-16,18,40H2,1-4H3,(H,41,42)(H,43,56)(H,44,54)(H,45,57)(H,46,53)(H,47,55)(H,51,52)(H,59,60)/t25-,26-,27-,28-,29-,30-,31-/m0/s1. The first-order valence-electron chi connectivity index (χ1n) is 19.7. The fraction of sp³-hybridized carbons (Fsp3) is 0.564. The lowest BCUT2D eigenvalue weighted by Crippen LogP contribution is -2.60. The minimum atomic E-state index is -1.73. The van der Waals surface area contributed by atoms with Gasteiger partial charge in [0.1, 0.15) is 48.0 Å². The molecule has 1 aromatic carbocycles. The van der Waals surface area contributed by atoms with Crippen LogP contribution in [0.4, 0.5) is 0 Å². The summed E-state index contributed by atoms with van der Waals surface area (Å²) in [7, 11) is 0. The van der Waals surface area contributed by atoms with Gasteiger partial charge in [-0.25, -0.2) is 9.78 Å². The summed E-state index contributed by atoms with van der Waals surface area (Å²) in [6.07, 6.45) is 2.22. The first-order chi connectivity index (χ1) is 28.3. The number of nitrogens with one attached hydrogen (secondary N) is 6. The predicted molar refractivity (Wildman–Crippen MR) is 212 cm³/mol. The number of nitrogens with two attached hydrogens (primary N) is 1. The molecule has 1 saturated heterocycles. The van der Waals surface area contributed by atoms with Crippen molar-refractivity contribution in [3.63, 3.8) is 0 Å². The third-order valence-electron chi connectivity index (χ3n) is 9.65. The first-order valence-corrected chi connectivity index (χ1v) is 19.7. The monoisotopic (exact) mass is 843 g/mol. The highest BCUT2D eigenvalue weighted by Crippen LogP contribution is 2.21. The summed E-state index contributed by atoms with van der Waals surface area (Å²) < 4.78 is 0. The Labute approximate surface area is 346 Å².